The van der Waals surface area contributed by atoms with Gasteiger partial charge in [0.15, 0.2) is 0 Å². The van der Waals surface area contributed by atoms with Crippen molar-refractivity contribution in [3.63, 3.8) is 0 Å². The summed E-state index contributed by atoms with van der Waals surface area (Å²) in [5.41, 5.74) is -2.43. The average molecular weight is 252 g/mol. The molecule has 1 aromatic rings. The number of halogens is 4. The lowest BCUT2D eigenvalue weighted by Gasteiger charge is -2.39. The zero-order valence-corrected chi connectivity index (χ0v) is 8.86. The Bertz CT molecular complexity index is 415. The van der Waals surface area contributed by atoms with Crippen LogP contribution in [0.5, 0.6) is 0 Å². The molecule has 1 fully saturated rings. The smallest absolute Gasteiger partial charge is 0.382 e. The highest BCUT2D eigenvalue weighted by Crippen LogP contribution is 2.39. The standard InChI is InChI=1S/C10H9ClF3NO/c11-6-1-2-7(9(16)4-15-5-9)8(3-6)10(12,13)14/h1-3,15-16H,4-5H2. The van der Waals surface area contributed by atoms with Gasteiger partial charge in [0, 0.05) is 18.1 Å². The summed E-state index contributed by atoms with van der Waals surface area (Å²) in [7, 11) is 0. The van der Waals surface area contributed by atoms with E-state index in [1.165, 1.54) is 12.1 Å². The van der Waals surface area contributed by atoms with Crippen LogP contribution in [0.3, 0.4) is 0 Å². The highest BCUT2D eigenvalue weighted by molar-refractivity contribution is 6.30. The van der Waals surface area contributed by atoms with E-state index in [-0.39, 0.29) is 23.7 Å². The van der Waals surface area contributed by atoms with Crippen LogP contribution in [-0.2, 0) is 11.8 Å². The molecular formula is C10H9ClF3NO. The van der Waals surface area contributed by atoms with Gasteiger partial charge >= 0.3 is 6.18 Å². The third-order valence-corrected chi connectivity index (χ3v) is 2.86. The molecule has 2 nitrogen and oxygen atoms in total. The van der Waals surface area contributed by atoms with Crippen LogP contribution in [0.4, 0.5) is 13.2 Å². The summed E-state index contributed by atoms with van der Waals surface area (Å²) in [6.07, 6.45) is -4.51. The minimum atomic E-state index is -4.51. The number of benzene rings is 1. The van der Waals surface area contributed by atoms with E-state index >= 15 is 0 Å². The van der Waals surface area contributed by atoms with E-state index in [4.69, 9.17) is 11.6 Å². The van der Waals surface area contributed by atoms with E-state index < -0.39 is 17.3 Å². The fraction of sp³-hybridized carbons (Fsp3) is 0.400. The van der Waals surface area contributed by atoms with E-state index in [0.717, 1.165) is 6.07 Å². The summed E-state index contributed by atoms with van der Waals surface area (Å²) >= 11 is 5.54. The van der Waals surface area contributed by atoms with Crippen LogP contribution in [0, 0.1) is 0 Å². The molecule has 6 heteroatoms. The minimum absolute atomic E-state index is 0.00644. The highest BCUT2D eigenvalue weighted by Gasteiger charge is 2.44. The van der Waals surface area contributed by atoms with Crippen LogP contribution in [0.15, 0.2) is 18.2 Å². The number of hydrogen-bond donors (Lipinski definition) is 2. The maximum absolute atomic E-state index is 12.7. The van der Waals surface area contributed by atoms with Crippen molar-refractivity contribution in [3.05, 3.63) is 34.3 Å². The van der Waals surface area contributed by atoms with Crippen LogP contribution >= 0.6 is 11.6 Å². The van der Waals surface area contributed by atoms with Gasteiger partial charge in [-0.05, 0) is 17.7 Å². The Labute approximate surface area is 95.0 Å². The van der Waals surface area contributed by atoms with Gasteiger partial charge in [-0.15, -0.1) is 0 Å². The van der Waals surface area contributed by atoms with Gasteiger partial charge in [-0.3, -0.25) is 0 Å². The molecule has 1 aromatic carbocycles. The summed E-state index contributed by atoms with van der Waals surface area (Å²) in [6, 6.07) is 3.42. The molecule has 0 radical (unpaired) electrons. The summed E-state index contributed by atoms with van der Waals surface area (Å²) in [6.45, 7) is 0.245. The van der Waals surface area contributed by atoms with Gasteiger partial charge in [-0.1, -0.05) is 17.7 Å². The van der Waals surface area contributed by atoms with E-state index in [0.29, 0.717) is 0 Å². The lowest BCUT2D eigenvalue weighted by atomic mass is 9.85. The molecule has 2 N–H and O–H groups in total. The predicted octanol–water partition coefficient (Wildman–Crippen LogP) is 2.15. The molecule has 0 saturated carbocycles. The third-order valence-electron chi connectivity index (χ3n) is 2.62. The van der Waals surface area contributed by atoms with Gasteiger partial charge in [0.25, 0.3) is 0 Å². The molecule has 0 atom stereocenters. The Hall–Kier alpha value is -0.780. The van der Waals surface area contributed by atoms with Crippen molar-refractivity contribution < 1.29 is 18.3 Å². The average Bonchev–Trinajstić information content (AvgIpc) is 2.13. The molecule has 1 aliphatic heterocycles. The Balaban J connectivity index is 2.52. The van der Waals surface area contributed by atoms with Crippen molar-refractivity contribution in [3.8, 4) is 0 Å². The lowest BCUT2D eigenvalue weighted by molar-refractivity contribution is -0.141. The Morgan fingerprint density at radius 3 is 2.38 bits per heavy atom. The quantitative estimate of drug-likeness (QED) is 0.802. The van der Waals surface area contributed by atoms with Crippen molar-refractivity contribution in [2.45, 2.75) is 11.8 Å². The highest BCUT2D eigenvalue weighted by atomic mass is 35.5. The first-order chi connectivity index (χ1) is 7.33. The SMILES string of the molecule is OC1(c2ccc(Cl)cc2C(F)(F)F)CNC1. The molecule has 16 heavy (non-hydrogen) atoms. The molecule has 0 aromatic heterocycles. The van der Waals surface area contributed by atoms with Crippen LogP contribution in [0.2, 0.25) is 5.02 Å². The molecule has 88 valence electrons. The fourth-order valence-electron chi connectivity index (χ4n) is 1.71. The van der Waals surface area contributed by atoms with Gasteiger partial charge in [-0.2, -0.15) is 13.2 Å². The second-order valence-electron chi connectivity index (χ2n) is 3.82. The zero-order chi connectivity index (χ0) is 12.0. The first-order valence-corrected chi connectivity index (χ1v) is 5.01. The number of alkyl halides is 3. The summed E-state index contributed by atoms with van der Waals surface area (Å²) in [5.74, 6) is 0. The Kier molecular flexibility index (Phi) is 2.64. The van der Waals surface area contributed by atoms with Crippen molar-refractivity contribution in [2.24, 2.45) is 0 Å². The second-order valence-corrected chi connectivity index (χ2v) is 4.26. The largest absolute Gasteiger partial charge is 0.416 e. The van der Waals surface area contributed by atoms with E-state index in [1.54, 1.807) is 0 Å². The number of rotatable bonds is 1. The minimum Gasteiger partial charge on any atom is -0.382 e. The first-order valence-electron chi connectivity index (χ1n) is 4.63. The molecule has 0 bridgehead atoms. The normalized spacial score (nSPS) is 19.3. The van der Waals surface area contributed by atoms with Gasteiger partial charge in [0.1, 0.15) is 5.60 Å². The Morgan fingerprint density at radius 1 is 1.31 bits per heavy atom. The Morgan fingerprint density at radius 2 is 1.94 bits per heavy atom. The van der Waals surface area contributed by atoms with Gasteiger partial charge in [-0.25, -0.2) is 0 Å². The van der Waals surface area contributed by atoms with E-state index in [9.17, 15) is 18.3 Å². The van der Waals surface area contributed by atoms with Crippen LogP contribution < -0.4 is 5.32 Å². The van der Waals surface area contributed by atoms with Crippen molar-refractivity contribution in [1.82, 2.24) is 5.32 Å². The van der Waals surface area contributed by atoms with Crippen molar-refractivity contribution in [1.29, 1.82) is 0 Å². The van der Waals surface area contributed by atoms with Crippen LogP contribution in [0.1, 0.15) is 11.1 Å². The summed E-state index contributed by atoms with van der Waals surface area (Å²) in [4.78, 5) is 0. The van der Waals surface area contributed by atoms with Crippen molar-refractivity contribution in [2.75, 3.05) is 13.1 Å². The molecular weight excluding hydrogens is 243 g/mol. The van der Waals surface area contributed by atoms with Crippen LogP contribution in [-0.4, -0.2) is 18.2 Å². The number of aliphatic hydroxyl groups is 1. The molecule has 0 amide bonds. The molecule has 2 rings (SSSR count). The monoisotopic (exact) mass is 251 g/mol. The maximum Gasteiger partial charge on any atom is 0.416 e. The lowest BCUT2D eigenvalue weighted by Crippen LogP contribution is -2.57. The molecule has 0 unspecified atom stereocenters. The van der Waals surface area contributed by atoms with E-state index in [1.807, 2.05) is 0 Å². The summed E-state index contributed by atoms with van der Waals surface area (Å²) < 4.78 is 38.2. The van der Waals surface area contributed by atoms with Gasteiger partial charge < -0.3 is 10.4 Å². The number of nitrogens with one attached hydrogen (secondary N) is 1. The molecule has 1 aliphatic rings. The van der Waals surface area contributed by atoms with Gasteiger partial charge in [0.2, 0.25) is 0 Å². The summed E-state index contributed by atoms with van der Waals surface area (Å²) in [5, 5.41) is 12.7. The van der Waals surface area contributed by atoms with Crippen LogP contribution in [0.25, 0.3) is 0 Å². The fourth-order valence-corrected chi connectivity index (χ4v) is 1.88. The second kappa shape index (κ2) is 3.61. The molecule has 0 aliphatic carbocycles. The molecule has 1 heterocycles. The first kappa shape index (κ1) is 11.7. The predicted molar refractivity (Wildman–Crippen MR) is 53.2 cm³/mol. The zero-order valence-electron chi connectivity index (χ0n) is 8.11. The molecule has 0 spiro atoms. The van der Waals surface area contributed by atoms with Gasteiger partial charge in [0.05, 0.1) is 5.56 Å². The van der Waals surface area contributed by atoms with Crippen molar-refractivity contribution >= 4 is 11.6 Å². The van der Waals surface area contributed by atoms with E-state index in [2.05, 4.69) is 5.32 Å². The number of hydrogen-bond acceptors (Lipinski definition) is 2. The maximum atomic E-state index is 12.7. The number of β-amino-alcohol motifs (C(OH)–C–C–N with tert-alkyl or cyclic N) is 1. The topological polar surface area (TPSA) is 32.3 Å². The third kappa shape index (κ3) is 1.90. The molecule has 1 saturated heterocycles.